The summed E-state index contributed by atoms with van der Waals surface area (Å²) in [4.78, 5) is 11.8. The van der Waals surface area contributed by atoms with Crippen molar-refractivity contribution in [1.29, 1.82) is 0 Å². The van der Waals surface area contributed by atoms with E-state index in [0.29, 0.717) is 12.0 Å². The Morgan fingerprint density at radius 1 is 1.40 bits per heavy atom. The molecule has 0 aliphatic heterocycles. The standard InChI is InChI=1S/C12H22N2O/c1-2-9-5-3-4-8-12(9,11(13)15)14-10-6-7-10/h9-10,14H,2-8H2,1H3,(H2,13,15). The van der Waals surface area contributed by atoms with Crippen molar-refractivity contribution in [2.75, 3.05) is 0 Å². The van der Waals surface area contributed by atoms with Gasteiger partial charge in [0.2, 0.25) is 5.91 Å². The summed E-state index contributed by atoms with van der Waals surface area (Å²) >= 11 is 0. The van der Waals surface area contributed by atoms with Gasteiger partial charge in [0.1, 0.15) is 5.54 Å². The normalized spacial score (nSPS) is 36.5. The number of nitrogens with one attached hydrogen (secondary N) is 1. The van der Waals surface area contributed by atoms with Gasteiger partial charge in [0.05, 0.1) is 0 Å². The molecule has 0 radical (unpaired) electrons. The molecular formula is C12H22N2O. The third-order valence-corrected chi connectivity index (χ3v) is 4.04. The monoisotopic (exact) mass is 210 g/mol. The lowest BCUT2D eigenvalue weighted by Gasteiger charge is -2.42. The molecule has 2 aliphatic rings. The molecule has 3 N–H and O–H groups in total. The summed E-state index contributed by atoms with van der Waals surface area (Å²) < 4.78 is 0. The molecule has 2 rings (SSSR count). The van der Waals surface area contributed by atoms with E-state index in [9.17, 15) is 4.79 Å². The summed E-state index contributed by atoms with van der Waals surface area (Å²) in [5.74, 6) is 0.324. The van der Waals surface area contributed by atoms with Crippen LogP contribution in [0.2, 0.25) is 0 Å². The van der Waals surface area contributed by atoms with Gasteiger partial charge in [-0.05, 0) is 31.6 Å². The predicted molar refractivity (Wildman–Crippen MR) is 60.3 cm³/mol. The molecular weight excluding hydrogens is 188 g/mol. The number of hydrogen-bond acceptors (Lipinski definition) is 2. The molecule has 2 aliphatic carbocycles. The van der Waals surface area contributed by atoms with Crippen LogP contribution in [-0.4, -0.2) is 17.5 Å². The summed E-state index contributed by atoms with van der Waals surface area (Å²) in [5, 5.41) is 3.53. The average Bonchev–Trinajstić information content (AvgIpc) is 3.02. The van der Waals surface area contributed by atoms with Crippen LogP contribution in [0.4, 0.5) is 0 Å². The van der Waals surface area contributed by atoms with Crippen LogP contribution in [0.1, 0.15) is 51.9 Å². The summed E-state index contributed by atoms with van der Waals surface area (Å²) in [6.07, 6.45) is 7.97. The summed E-state index contributed by atoms with van der Waals surface area (Å²) in [6.45, 7) is 2.17. The highest BCUT2D eigenvalue weighted by atomic mass is 16.1. The topological polar surface area (TPSA) is 55.1 Å². The van der Waals surface area contributed by atoms with Gasteiger partial charge in [0.15, 0.2) is 0 Å². The van der Waals surface area contributed by atoms with Crippen molar-refractivity contribution in [2.24, 2.45) is 11.7 Å². The van der Waals surface area contributed by atoms with Gasteiger partial charge in [-0.1, -0.05) is 26.2 Å². The number of amides is 1. The van der Waals surface area contributed by atoms with Crippen molar-refractivity contribution in [3.8, 4) is 0 Å². The fourth-order valence-corrected chi connectivity index (χ4v) is 2.98. The smallest absolute Gasteiger partial charge is 0.238 e. The van der Waals surface area contributed by atoms with Crippen molar-refractivity contribution in [3.05, 3.63) is 0 Å². The van der Waals surface area contributed by atoms with E-state index in [1.807, 2.05) is 0 Å². The molecule has 3 nitrogen and oxygen atoms in total. The lowest BCUT2D eigenvalue weighted by Crippen LogP contribution is -2.62. The van der Waals surface area contributed by atoms with Crippen LogP contribution in [0, 0.1) is 5.92 Å². The molecule has 2 fully saturated rings. The molecule has 2 atom stereocenters. The molecule has 1 amide bonds. The fourth-order valence-electron chi connectivity index (χ4n) is 2.98. The molecule has 0 aromatic carbocycles. The van der Waals surface area contributed by atoms with Gasteiger partial charge >= 0.3 is 0 Å². The number of carbonyl (C=O) groups excluding carboxylic acids is 1. The van der Waals surface area contributed by atoms with Crippen LogP contribution in [0.25, 0.3) is 0 Å². The van der Waals surface area contributed by atoms with Crippen LogP contribution >= 0.6 is 0 Å². The average molecular weight is 210 g/mol. The van der Waals surface area contributed by atoms with Crippen LogP contribution in [-0.2, 0) is 4.79 Å². The van der Waals surface area contributed by atoms with Crippen molar-refractivity contribution in [1.82, 2.24) is 5.32 Å². The molecule has 0 saturated heterocycles. The van der Waals surface area contributed by atoms with E-state index in [1.165, 1.54) is 19.3 Å². The third kappa shape index (κ3) is 2.03. The minimum Gasteiger partial charge on any atom is -0.368 e. The first-order chi connectivity index (χ1) is 7.19. The Balaban J connectivity index is 2.15. The SMILES string of the molecule is CCC1CCCCC1(NC1CC1)C(N)=O. The van der Waals surface area contributed by atoms with E-state index in [0.717, 1.165) is 25.7 Å². The second-order valence-electron chi connectivity index (χ2n) is 5.11. The summed E-state index contributed by atoms with van der Waals surface area (Å²) in [6, 6.07) is 0.560. The predicted octanol–water partition coefficient (Wildman–Crippen LogP) is 1.56. The van der Waals surface area contributed by atoms with Crippen LogP contribution in [0.5, 0.6) is 0 Å². The van der Waals surface area contributed by atoms with E-state index in [-0.39, 0.29) is 11.4 Å². The molecule has 2 unspecified atom stereocenters. The largest absolute Gasteiger partial charge is 0.368 e. The zero-order valence-corrected chi connectivity index (χ0v) is 9.59. The van der Waals surface area contributed by atoms with Gasteiger partial charge < -0.3 is 11.1 Å². The minimum atomic E-state index is -0.381. The number of nitrogens with two attached hydrogens (primary N) is 1. The van der Waals surface area contributed by atoms with Gasteiger partial charge in [0.25, 0.3) is 0 Å². The van der Waals surface area contributed by atoms with Gasteiger partial charge in [-0.3, -0.25) is 4.79 Å². The number of hydrogen-bond donors (Lipinski definition) is 2. The highest BCUT2D eigenvalue weighted by Gasteiger charge is 2.47. The minimum absolute atomic E-state index is 0.124. The van der Waals surface area contributed by atoms with E-state index in [2.05, 4.69) is 12.2 Å². The Morgan fingerprint density at radius 2 is 2.13 bits per heavy atom. The quantitative estimate of drug-likeness (QED) is 0.740. The fraction of sp³-hybridized carbons (Fsp3) is 0.917. The zero-order chi connectivity index (χ0) is 10.9. The van der Waals surface area contributed by atoms with Gasteiger partial charge in [-0.2, -0.15) is 0 Å². The lowest BCUT2D eigenvalue weighted by molar-refractivity contribution is -0.128. The van der Waals surface area contributed by atoms with Gasteiger partial charge in [0, 0.05) is 6.04 Å². The third-order valence-electron chi connectivity index (χ3n) is 4.04. The Kier molecular flexibility index (Phi) is 3.01. The maximum atomic E-state index is 11.8. The Hall–Kier alpha value is -0.570. The maximum absolute atomic E-state index is 11.8. The van der Waals surface area contributed by atoms with Crippen molar-refractivity contribution in [2.45, 2.75) is 63.5 Å². The van der Waals surface area contributed by atoms with Crippen molar-refractivity contribution in [3.63, 3.8) is 0 Å². The van der Waals surface area contributed by atoms with Gasteiger partial charge in [-0.25, -0.2) is 0 Å². The molecule has 0 spiro atoms. The highest BCUT2D eigenvalue weighted by Crippen LogP contribution is 2.38. The molecule has 2 saturated carbocycles. The Labute approximate surface area is 91.8 Å². The molecule has 15 heavy (non-hydrogen) atoms. The van der Waals surface area contributed by atoms with Crippen molar-refractivity contribution >= 4 is 5.91 Å². The molecule has 0 aromatic rings. The molecule has 0 aromatic heterocycles. The van der Waals surface area contributed by atoms with Crippen LogP contribution in [0.3, 0.4) is 0 Å². The number of carbonyl (C=O) groups is 1. The first kappa shape index (κ1) is 10.9. The summed E-state index contributed by atoms with van der Waals surface area (Å²) in [5.41, 5.74) is 5.26. The maximum Gasteiger partial charge on any atom is 0.238 e. The molecule has 0 heterocycles. The second-order valence-corrected chi connectivity index (χ2v) is 5.11. The zero-order valence-electron chi connectivity index (χ0n) is 9.59. The Morgan fingerprint density at radius 3 is 2.67 bits per heavy atom. The van der Waals surface area contributed by atoms with Gasteiger partial charge in [-0.15, -0.1) is 0 Å². The molecule has 86 valence electrons. The summed E-state index contributed by atoms with van der Waals surface area (Å²) in [7, 11) is 0. The molecule has 0 bridgehead atoms. The van der Waals surface area contributed by atoms with Crippen LogP contribution < -0.4 is 11.1 Å². The van der Waals surface area contributed by atoms with E-state index >= 15 is 0 Å². The first-order valence-corrected chi connectivity index (χ1v) is 6.26. The van der Waals surface area contributed by atoms with E-state index in [1.54, 1.807) is 0 Å². The van der Waals surface area contributed by atoms with E-state index in [4.69, 9.17) is 5.73 Å². The molecule has 3 heteroatoms. The second kappa shape index (κ2) is 4.12. The number of rotatable bonds is 4. The number of primary amides is 1. The van der Waals surface area contributed by atoms with E-state index < -0.39 is 0 Å². The first-order valence-electron chi connectivity index (χ1n) is 6.26. The van der Waals surface area contributed by atoms with Crippen LogP contribution in [0.15, 0.2) is 0 Å². The Bertz CT molecular complexity index is 250. The highest BCUT2D eigenvalue weighted by molar-refractivity contribution is 5.85. The lowest BCUT2D eigenvalue weighted by atomic mass is 9.71. The van der Waals surface area contributed by atoms with Crippen molar-refractivity contribution < 1.29 is 4.79 Å².